The Labute approximate surface area is 150 Å². The van der Waals surface area contributed by atoms with Gasteiger partial charge in [-0.2, -0.15) is 5.26 Å². The first-order valence-electron chi connectivity index (χ1n) is 7.11. The lowest BCUT2D eigenvalue weighted by atomic mass is 10.2. The molecule has 2 aromatic heterocycles. The molecule has 1 aromatic carbocycles. The van der Waals surface area contributed by atoms with Crippen molar-refractivity contribution >= 4 is 33.1 Å². The van der Waals surface area contributed by atoms with Crippen molar-refractivity contribution in [3.05, 3.63) is 80.1 Å². The van der Waals surface area contributed by atoms with Gasteiger partial charge in [0, 0.05) is 24.0 Å². The Morgan fingerprint density at radius 2 is 2.16 bits per heavy atom. The molecular weight excluding hydrogens is 390 g/mol. The fourth-order valence-corrected chi connectivity index (χ4v) is 2.81. The average molecular weight is 400 g/mol. The highest BCUT2D eigenvalue weighted by molar-refractivity contribution is 9.10. The standard InChI is InChI=1S/C17H10BrN3O4/c18-14-5-4-11(7-16(14)21(23)24)17(22)25-10-12-9-20-6-2-1-3-15(20)13(12)8-19/h1-7,9H,10H2. The number of esters is 1. The van der Waals surface area contributed by atoms with Gasteiger partial charge in [0.2, 0.25) is 0 Å². The van der Waals surface area contributed by atoms with Crippen molar-refractivity contribution in [2.45, 2.75) is 6.61 Å². The minimum Gasteiger partial charge on any atom is -0.457 e. The summed E-state index contributed by atoms with van der Waals surface area (Å²) < 4.78 is 7.27. The van der Waals surface area contributed by atoms with Crippen LogP contribution in [0.4, 0.5) is 5.69 Å². The topological polar surface area (TPSA) is 97.6 Å². The van der Waals surface area contributed by atoms with E-state index in [2.05, 4.69) is 22.0 Å². The summed E-state index contributed by atoms with van der Waals surface area (Å²) in [7, 11) is 0. The van der Waals surface area contributed by atoms with E-state index < -0.39 is 10.9 Å². The summed E-state index contributed by atoms with van der Waals surface area (Å²) in [5.74, 6) is -0.699. The van der Waals surface area contributed by atoms with Crippen LogP contribution in [-0.4, -0.2) is 15.3 Å². The summed E-state index contributed by atoms with van der Waals surface area (Å²) in [5.41, 5.74) is 1.55. The van der Waals surface area contributed by atoms with Gasteiger partial charge < -0.3 is 9.14 Å². The number of nitro benzene ring substituents is 1. The van der Waals surface area contributed by atoms with Crippen LogP contribution < -0.4 is 0 Å². The molecule has 8 heteroatoms. The highest BCUT2D eigenvalue weighted by Gasteiger charge is 2.18. The van der Waals surface area contributed by atoms with Gasteiger partial charge in [-0.1, -0.05) is 6.07 Å². The maximum Gasteiger partial charge on any atom is 0.338 e. The zero-order chi connectivity index (χ0) is 18.0. The highest BCUT2D eigenvalue weighted by atomic mass is 79.9. The van der Waals surface area contributed by atoms with Crippen molar-refractivity contribution in [2.75, 3.05) is 0 Å². The summed E-state index contributed by atoms with van der Waals surface area (Å²) >= 11 is 3.06. The van der Waals surface area contributed by atoms with E-state index in [1.54, 1.807) is 22.9 Å². The number of carbonyl (C=O) groups is 1. The molecule has 0 atom stereocenters. The smallest absolute Gasteiger partial charge is 0.338 e. The normalized spacial score (nSPS) is 10.4. The lowest BCUT2D eigenvalue weighted by Crippen LogP contribution is -2.06. The first-order valence-corrected chi connectivity index (χ1v) is 7.90. The number of aromatic nitrogens is 1. The second kappa shape index (κ2) is 6.75. The van der Waals surface area contributed by atoms with E-state index in [4.69, 9.17) is 4.74 Å². The number of hydrogen-bond acceptors (Lipinski definition) is 5. The number of carbonyl (C=O) groups excluding carboxylic acids is 1. The van der Waals surface area contributed by atoms with Crippen LogP contribution in [0.1, 0.15) is 21.5 Å². The molecule has 0 aliphatic rings. The molecule has 25 heavy (non-hydrogen) atoms. The molecular formula is C17H10BrN3O4. The van der Waals surface area contributed by atoms with E-state index in [0.717, 1.165) is 11.6 Å². The molecule has 0 saturated heterocycles. The maximum atomic E-state index is 12.2. The molecule has 0 fully saturated rings. The SMILES string of the molecule is N#Cc1c(COC(=O)c2ccc(Br)c([N+](=O)[O-])c2)cn2ccccc12. The highest BCUT2D eigenvalue weighted by Crippen LogP contribution is 2.26. The Balaban J connectivity index is 1.83. The molecule has 0 saturated carbocycles. The Morgan fingerprint density at radius 3 is 2.88 bits per heavy atom. The number of pyridine rings is 1. The predicted octanol–water partition coefficient (Wildman–Crippen LogP) is 3.84. The monoisotopic (exact) mass is 399 g/mol. The molecule has 0 amide bonds. The molecule has 0 unspecified atom stereocenters. The third kappa shape index (κ3) is 3.22. The van der Waals surface area contributed by atoms with Gasteiger partial charge in [0.15, 0.2) is 0 Å². The van der Waals surface area contributed by atoms with Crippen LogP contribution in [0.3, 0.4) is 0 Å². The zero-order valence-electron chi connectivity index (χ0n) is 12.7. The molecule has 0 bridgehead atoms. The maximum absolute atomic E-state index is 12.2. The number of nitriles is 1. The average Bonchev–Trinajstić information content (AvgIpc) is 2.97. The van der Waals surface area contributed by atoms with Crippen LogP contribution in [0.2, 0.25) is 0 Å². The number of rotatable bonds is 4. The third-order valence-electron chi connectivity index (χ3n) is 3.61. The van der Waals surface area contributed by atoms with E-state index in [0.29, 0.717) is 11.1 Å². The largest absolute Gasteiger partial charge is 0.457 e. The van der Waals surface area contributed by atoms with Gasteiger partial charge in [0.1, 0.15) is 12.7 Å². The Bertz CT molecular complexity index is 1040. The van der Waals surface area contributed by atoms with Gasteiger partial charge in [-0.3, -0.25) is 10.1 Å². The van der Waals surface area contributed by atoms with Gasteiger partial charge in [-0.25, -0.2) is 4.79 Å². The van der Waals surface area contributed by atoms with Gasteiger partial charge in [0.05, 0.1) is 26.0 Å². The number of fused-ring (bicyclic) bond motifs is 1. The quantitative estimate of drug-likeness (QED) is 0.377. The molecule has 0 N–H and O–H groups in total. The van der Waals surface area contributed by atoms with Crippen LogP contribution in [0.15, 0.2) is 53.3 Å². The van der Waals surface area contributed by atoms with Crippen molar-refractivity contribution in [1.29, 1.82) is 5.26 Å². The first kappa shape index (κ1) is 16.7. The number of nitrogens with zero attached hydrogens (tertiary/aromatic N) is 3. The molecule has 0 spiro atoms. The minimum absolute atomic E-state index is 0.0668. The summed E-state index contributed by atoms with van der Waals surface area (Å²) in [4.78, 5) is 22.5. The molecule has 3 aromatic rings. The van der Waals surface area contributed by atoms with Crippen molar-refractivity contribution in [1.82, 2.24) is 4.40 Å². The number of nitro groups is 1. The van der Waals surface area contributed by atoms with Gasteiger partial charge in [-0.05, 0) is 40.2 Å². The van der Waals surface area contributed by atoms with E-state index in [1.165, 1.54) is 12.1 Å². The van der Waals surface area contributed by atoms with E-state index >= 15 is 0 Å². The third-order valence-corrected chi connectivity index (χ3v) is 4.28. The molecule has 7 nitrogen and oxygen atoms in total. The van der Waals surface area contributed by atoms with Crippen molar-refractivity contribution in [3.63, 3.8) is 0 Å². The fraction of sp³-hybridized carbons (Fsp3) is 0.0588. The number of ether oxygens (including phenoxy) is 1. The number of benzene rings is 1. The van der Waals surface area contributed by atoms with Crippen LogP contribution >= 0.6 is 15.9 Å². The molecule has 3 rings (SSSR count). The number of halogens is 1. The first-order chi connectivity index (χ1) is 12.0. The number of hydrogen-bond donors (Lipinski definition) is 0. The lowest BCUT2D eigenvalue weighted by Gasteiger charge is -2.04. The van der Waals surface area contributed by atoms with Crippen LogP contribution in [0.25, 0.3) is 5.52 Å². The summed E-state index contributed by atoms with van der Waals surface area (Å²) in [5, 5.41) is 20.3. The summed E-state index contributed by atoms with van der Waals surface area (Å²) in [6, 6.07) is 11.5. The van der Waals surface area contributed by atoms with E-state index in [-0.39, 0.29) is 22.3 Å². The molecule has 0 aliphatic heterocycles. The van der Waals surface area contributed by atoms with Crippen LogP contribution in [0, 0.1) is 21.4 Å². The van der Waals surface area contributed by atoms with Crippen molar-refractivity contribution in [3.8, 4) is 6.07 Å². The second-order valence-electron chi connectivity index (χ2n) is 5.13. The van der Waals surface area contributed by atoms with Gasteiger partial charge in [0.25, 0.3) is 5.69 Å². The second-order valence-corrected chi connectivity index (χ2v) is 5.99. The summed E-state index contributed by atoms with van der Waals surface area (Å²) in [6.45, 7) is -0.104. The van der Waals surface area contributed by atoms with Crippen molar-refractivity contribution in [2.24, 2.45) is 0 Å². The molecule has 0 aliphatic carbocycles. The lowest BCUT2D eigenvalue weighted by molar-refractivity contribution is -0.385. The van der Waals surface area contributed by atoms with Crippen LogP contribution in [0.5, 0.6) is 0 Å². The minimum atomic E-state index is -0.699. The predicted molar refractivity (Wildman–Crippen MR) is 92.0 cm³/mol. The van der Waals surface area contributed by atoms with Crippen LogP contribution in [-0.2, 0) is 11.3 Å². The Kier molecular flexibility index (Phi) is 4.50. The molecule has 2 heterocycles. The van der Waals surface area contributed by atoms with E-state index in [1.807, 2.05) is 12.1 Å². The fourth-order valence-electron chi connectivity index (χ4n) is 2.42. The molecule has 124 valence electrons. The summed E-state index contributed by atoms with van der Waals surface area (Å²) in [6.07, 6.45) is 3.50. The van der Waals surface area contributed by atoms with Gasteiger partial charge >= 0.3 is 5.97 Å². The van der Waals surface area contributed by atoms with Gasteiger partial charge in [-0.15, -0.1) is 0 Å². The van der Waals surface area contributed by atoms with Crippen molar-refractivity contribution < 1.29 is 14.5 Å². The Hall–Kier alpha value is -3.18. The molecule has 0 radical (unpaired) electrons. The Morgan fingerprint density at radius 1 is 1.36 bits per heavy atom. The zero-order valence-corrected chi connectivity index (χ0v) is 14.3. The van der Waals surface area contributed by atoms with E-state index in [9.17, 15) is 20.2 Å².